The highest BCUT2D eigenvalue weighted by molar-refractivity contribution is 5.78. The van der Waals surface area contributed by atoms with Gasteiger partial charge in [-0.2, -0.15) is 0 Å². The number of aromatic nitrogens is 3. The Hall–Kier alpha value is -4.78. The van der Waals surface area contributed by atoms with E-state index in [9.17, 15) is 5.11 Å². The van der Waals surface area contributed by atoms with E-state index in [2.05, 4.69) is 108 Å². The second-order valence-electron chi connectivity index (χ2n) is 16.8. The van der Waals surface area contributed by atoms with Crippen LogP contribution in [-0.4, -0.2) is 39.5 Å². The van der Waals surface area contributed by atoms with Crippen LogP contribution in [-0.2, 0) is 6.54 Å². The van der Waals surface area contributed by atoms with Crippen LogP contribution in [0.2, 0.25) is 0 Å². The van der Waals surface area contributed by atoms with E-state index in [0.717, 1.165) is 79.0 Å². The molecule has 0 aliphatic heterocycles. The number of nitrogens with zero attached hydrogens (tertiary/aromatic N) is 3. The largest absolute Gasteiger partial charge is 0.507 e. The molecule has 5 rings (SSSR count). The Labute approximate surface area is 362 Å². The lowest BCUT2D eigenvalue weighted by Gasteiger charge is -2.22. The number of rotatable bonds is 26. The quantitative estimate of drug-likeness (QED) is 0.0599. The molecule has 0 amide bonds. The SMILES string of the molecule is CCCCC(CC)COc1ccc(-c2cc(-c3cccn3Cc3ccccc3)nc(-c3ccc(OCC(CC)CCCC)c(C)c3OCC(CC)CCCC)n2)c(O)c1C. The van der Waals surface area contributed by atoms with Crippen LogP contribution in [0, 0.1) is 31.6 Å². The lowest BCUT2D eigenvalue weighted by molar-refractivity contribution is 0.221. The molecule has 2 heterocycles. The third-order valence-corrected chi connectivity index (χ3v) is 12.3. The highest BCUT2D eigenvalue weighted by Crippen LogP contribution is 2.42. The van der Waals surface area contributed by atoms with Crippen LogP contribution >= 0.6 is 0 Å². The van der Waals surface area contributed by atoms with Crippen molar-refractivity contribution in [2.75, 3.05) is 19.8 Å². The van der Waals surface area contributed by atoms with Crippen molar-refractivity contribution in [3.05, 3.63) is 95.7 Å². The third-order valence-electron chi connectivity index (χ3n) is 12.3. The monoisotopic (exact) mass is 816 g/mol. The first-order valence-corrected chi connectivity index (χ1v) is 23.2. The van der Waals surface area contributed by atoms with Crippen LogP contribution in [0.5, 0.6) is 23.0 Å². The predicted molar refractivity (Wildman–Crippen MR) is 249 cm³/mol. The highest BCUT2D eigenvalue weighted by atomic mass is 16.5. The fraction of sp³-hybridized carbons (Fsp3) is 0.509. The molecule has 0 spiro atoms. The molecule has 0 saturated carbocycles. The molecule has 5 aromatic rings. The van der Waals surface area contributed by atoms with Crippen molar-refractivity contribution >= 4 is 0 Å². The summed E-state index contributed by atoms with van der Waals surface area (Å²) in [6.07, 6.45) is 15.8. The molecule has 0 radical (unpaired) electrons. The van der Waals surface area contributed by atoms with Crippen LogP contribution in [0.4, 0.5) is 0 Å². The van der Waals surface area contributed by atoms with Gasteiger partial charge in [0.15, 0.2) is 5.82 Å². The minimum absolute atomic E-state index is 0.163. The molecule has 0 fully saturated rings. The molecule has 60 heavy (non-hydrogen) atoms. The lowest BCUT2D eigenvalue weighted by atomic mass is 10.00. The van der Waals surface area contributed by atoms with E-state index in [1.54, 1.807) is 0 Å². The molecule has 3 atom stereocenters. The molecule has 0 saturated heterocycles. The molecular formula is C53H73N3O4. The number of phenols is 1. The Morgan fingerprint density at radius 3 is 1.68 bits per heavy atom. The minimum Gasteiger partial charge on any atom is -0.507 e. The van der Waals surface area contributed by atoms with Crippen LogP contribution in [0.3, 0.4) is 0 Å². The van der Waals surface area contributed by atoms with Gasteiger partial charge in [-0.1, -0.05) is 130 Å². The summed E-state index contributed by atoms with van der Waals surface area (Å²) in [4.78, 5) is 10.6. The first-order chi connectivity index (χ1) is 29.2. The average molecular weight is 816 g/mol. The summed E-state index contributed by atoms with van der Waals surface area (Å²) in [6, 6.07) is 24.7. The maximum absolute atomic E-state index is 11.9. The van der Waals surface area contributed by atoms with Gasteiger partial charge < -0.3 is 23.9 Å². The third kappa shape index (κ3) is 12.4. The molecule has 7 heteroatoms. The van der Waals surface area contributed by atoms with E-state index in [4.69, 9.17) is 24.2 Å². The normalized spacial score (nSPS) is 12.9. The van der Waals surface area contributed by atoms with Crippen molar-refractivity contribution in [2.45, 2.75) is 139 Å². The summed E-state index contributed by atoms with van der Waals surface area (Å²) >= 11 is 0. The van der Waals surface area contributed by atoms with Gasteiger partial charge in [-0.05, 0) is 98.9 Å². The molecule has 3 unspecified atom stereocenters. The summed E-state index contributed by atoms with van der Waals surface area (Å²) in [5.41, 5.74) is 6.64. The second-order valence-corrected chi connectivity index (χ2v) is 16.8. The van der Waals surface area contributed by atoms with Gasteiger partial charge in [0.05, 0.1) is 42.5 Å². The number of phenolic OH excluding ortho intramolecular Hbond substituents is 1. The molecule has 7 nitrogen and oxygen atoms in total. The number of unbranched alkanes of at least 4 members (excludes halogenated alkanes) is 3. The Morgan fingerprint density at radius 1 is 0.583 bits per heavy atom. The predicted octanol–water partition coefficient (Wildman–Crippen LogP) is 14.4. The zero-order chi connectivity index (χ0) is 42.9. The molecule has 3 aromatic carbocycles. The van der Waals surface area contributed by atoms with Gasteiger partial charge in [0.2, 0.25) is 0 Å². The van der Waals surface area contributed by atoms with Crippen LogP contribution < -0.4 is 14.2 Å². The van der Waals surface area contributed by atoms with Gasteiger partial charge in [-0.15, -0.1) is 0 Å². The smallest absolute Gasteiger partial charge is 0.164 e. The number of hydrogen-bond donors (Lipinski definition) is 1. The van der Waals surface area contributed by atoms with Crippen LogP contribution in [0.15, 0.2) is 79.0 Å². The van der Waals surface area contributed by atoms with Gasteiger partial charge >= 0.3 is 0 Å². The van der Waals surface area contributed by atoms with Crippen molar-refractivity contribution in [3.63, 3.8) is 0 Å². The average Bonchev–Trinajstić information content (AvgIpc) is 3.74. The first kappa shape index (κ1) is 46.3. The molecule has 0 bridgehead atoms. The summed E-state index contributed by atoms with van der Waals surface area (Å²) in [7, 11) is 0. The standard InChI is InChI=1S/C53H73N3O4/c1-9-15-22-40(12-4)35-58-49-30-28-44(51(57)38(49)7)46-33-47(48-27-21-32-56(48)34-43-25-19-18-20-26-43)55-53(54-46)45-29-31-50(59-36-41(13-5)23-16-10-2)39(8)52(45)60-37-42(14-6)24-17-11-3/h18-21,25-33,40-42,57H,9-17,22-24,34-37H2,1-8H3. The summed E-state index contributed by atoms with van der Waals surface area (Å²) in [5, 5.41) is 11.9. The molecule has 0 aliphatic carbocycles. The molecule has 2 aromatic heterocycles. The van der Waals surface area contributed by atoms with Crippen LogP contribution in [0.25, 0.3) is 34.0 Å². The number of aromatic hydroxyl groups is 1. The Kier molecular flexibility index (Phi) is 18.4. The van der Waals surface area contributed by atoms with E-state index >= 15 is 0 Å². The van der Waals surface area contributed by atoms with Crippen molar-refractivity contribution in [2.24, 2.45) is 17.8 Å². The maximum Gasteiger partial charge on any atom is 0.164 e. The van der Waals surface area contributed by atoms with E-state index in [-0.39, 0.29) is 5.75 Å². The van der Waals surface area contributed by atoms with Crippen molar-refractivity contribution in [1.82, 2.24) is 14.5 Å². The molecule has 324 valence electrons. The fourth-order valence-electron chi connectivity index (χ4n) is 7.95. The van der Waals surface area contributed by atoms with Gasteiger partial charge in [0, 0.05) is 29.4 Å². The molecule has 1 N–H and O–H groups in total. The van der Waals surface area contributed by atoms with Gasteiger partial charge in [-0.3, -0.25) is 0 Å². The Morgan fingerprint density at radius 2 is 1.12 bits per heavy atom. The molecule has 0 aliphatic rings. The Bertz CT molecular complexity index is 2040. The van der Waals surface area contributed by atoms with Crippen molar-refractivity contribution in [1.29, 1.82) is 0 Å². The van der Waals surface area contributed by atoms with E-state index in [1.165, 1.54) is 37.7 Å². The van der Waals surface area contributed by atoms with Gasteiger partial charge in [0.25, 0.3) is 0 Å². The molecular weight excluding hydrogens is 743 g/mol. The second kappa shape index (κ2) is 23.9. The number of benzene rings is 3. The highest BCUT2D eigenvalue weighted by Gasteiger charge is 2.23. The first-order valence-electron chi connectivity index (χ1n) is 23.2. The van der Waals surface area contributed by atoms with Crippen molar-refractivity contribution in [3.8, 4) is 57.0 Å². The van der Waals surface area contributed by atoms with E-state index in [1.807, 2.05) is 31.2 Å². The number of ether oxygens (including phenoxy) is 3. The summed E-state index contributed by atoms with van der Waals surface area (Å²) in [5.74, 6) is 4.41. The van der Waals surface area contributed by atoms with Gasteiger partial charge in [0.1, 0.15) is 23.0 Å². The Balaban J connectivity index is 1.62. The lowest BCUT2D eigenvalue weighted by Crippen LogP contribution is -2.14. The van der Waals surface area contributed by atoms with Crippen molar-refractivity contribution < 1.29 is 19.3 Å². The topological polar surface area (TPSA) is 78.6 Å². The van der Waals surface area contributed by atoms with Crippen LogP contribution in [0.1, 0.15) is 135 Å². The van der Waals surface area contributed by atoms with E-state index < -0.39 is 0 Å². The van der Waals surface area contributed by atoms with E-state index in [0.29, 0.717) is 72.5 Å². The summed E-state index contributed by atoms with van der Waals surface area (Å²) < 4.78 is 22.1. The maximum atomic E-state index is 11.9. The number of hydrogen-bond acceptors (Lipinski definition) is 6. The minimum atomic E-state index is 0.163. The fourth-order valence-corrected chi connectivity index (χ4v) is 7.95. The van der Waals surface area contributed by atoms with Gasteiger partial charge in [-0.25, -0.2) is 9.97 Å². The zero-order valence-corrected chi connectivity index (χ0v) is 38.1. The zero-order valence-electron chi connectivity index (χ0n) is 38.1. The summed E-state index contributed by atoms with van der Waals surface area (Å²) in [6.45, 7) is 20.1.